The summed E-state index contributed by atoms with van der Waals surface area (Å²) < 4.78 is 6.44. The molecule has 0 amide bonds. The lowest BCUT2D eigenvalue weighted by molar-refractivity contribution is 0.0815. The van der Waals surface area contributed by atoms with Gasteiger partial charge < -0.3 is 9.53 Å². The Bertz CT molecular complexity index is 539. The van der Waals surface area contributed by atoms with Gasteiger partial charge in [-0.05, 0) is 42.2 Å². The molecule has 1 N–H and O–H groups in total. The lowest BCUT2D eigenvalue weighted by Crippen LogP contribution is -2.44. The highest BCUT2D eigenvalue weighted by Gasteiger charge is 2.39. The fourth-order valence-corrected chi connectivity index (χ4v) is 3.06. The first kappa shape index (κ1) is 19.0. The van der Waals surface area contributed by atoms with Crippen LogP contribution in [0.25, 0.3) is 0 Å². The highest BCUT2D eigenvalue weighted by molar-refractivity contribution is 6.74. The van der Waals surface area contributed by atoms with Gasteiger partial charge in [0.15, 0.2) is 0 Å². The standard InChI is InChI=1S/C19H32O2Si/c1-10-19(6,7)17(20)15-12-11-13-16(14(15)2)21-22(8,9)18(3,4)5/h10-13,17,20H,1H2,2-9H3/t17-/m1/s1. The fourth-order valence-electron chi connectivity index (χ4n) is 1.98. The zero-order valence-electron chi connectivity index (χ0n) is 15.4. The number of rotatable bonds is 5. The highest BCUT2D eigenvalue weighted by atomic mass is 28.4. The van der Waals surface area contributed by atoms with Crippen molar-refractivity contribution in [2.45, 2.75) is 65.8 Å². The average molecular weight is 321 g/mol. The summed E-state index contributed by atoms with van der Waals surface area (Å²) in [4.78, 5) is 0. The lowest BCUT2D eigenvalue weighted by atomic mass is 9.81. The Balaban J connectivity index is 3.23. The first-order chi connectivity index (χ1) is 9.83. The summed E-state index contributed by atoms with van der Waals surface area (Å²) in [5.41, 5.74) is 1.57. The van der Waals surface area contributed by atoms with Gasteiger partial charge in [0.25, 0.3) is 0 Å². The molecule has 0 saturated carbocycles. The Morgan fingerprint density at radius 1 is 1.18 bits per heavy atom. The summed E-state index contributed by atoms with van der Waals surface area (Å²) in [5.74, 6) is 0.892. The minimum atomic E-state index is -1.89. The second-order valence-corrected chi connectivity index (χ2v) is 13.0. The van der Waals surface area contributed by atoms with Crippen LogP contribution in [-0.2, 0) is 0 Å². The Morgan fingerprint density at radius 3 is 2.18 bits per heavy atom. The van der Waals surface area contributed by atoms with E-state index in [-0.39, 0.29) is 10.5 Å². The molecule has 1 aromatic rings. The second-order valence-electron chi connectivity index (χ2n) is 8.26. The van der Waals surface area contributed by atoms with Gasteiger partial charge in [-0.3, -0.25) is 0 Å². The minimum absolute atomic E-state index is 0.147. The van der Waals surface area contributed by atoms with Crippen molar-refractivity contribution in [1.82, 2.24) is 0 Å². The molecule has 0 aromatic heterocycles. The highest BCUT2D eigenvalue weighted by Crippen LogP contribution is 2.41. The van der Waals surface area contributed by atoms with Crippen LogP contribution >= 0.6 is 0 Å². The molecule has 3 heteroatoms. The van der Waals surface area contributed by atoms with Gasteiger partial charge >= 0.3 is 0 Å². The van der Waals surface area contributed by atoms with Crippen LogP contribution in [0.3, 0.4) is 0 Å². The molecule has 124 valence electrons. The van der Waals surface area contributed by atoms with Gasteiger partial charge in [0, 0.05) is 5.41 Å². The van der Waals surface area contributed by atoms with Crippen LogP contribution in [0.2, 0.25) is 18.1 Å². The molecule has 0 unspecified atom stereocenters. The molecule has 1 atom stereocenters. The summed E-state index contributed by atoms with van der Waals surface area (Å²) in [7, 11) is -1.89. The maximum absolute atomic E-state index is 10.7. The number of benzene rings is 1. The molecule has 0 bridgehead atoms. The maximum atomic E-state index is 10.7. The molecule has 0 saturated heterocycles. The molecule has 0 aliphatic rings. The van der Waals surface area contributed by atoms with Crippen molar-refractivity contribution < 1.29 is 9.53 Å². The van der Waals surface area contributed by atoms with Crippen molar-refractivity contribution in [2.75, 3.05) is 0 Å². The van der Waals surface area contributed by atoms with Gasteiger partial charge in [-0.25, -0.2) is 0 Å². The summed E-state index contributed by atoms with van der Waals surface area (Å²) in [5, 5.41) is 10.8. The number of hydrogen-bond acceptors (Lipinski definition) is 2. The van der Waals surface area contributed by atoms with E-state index in [1.165, 1.54) is 0 Å². The Morgan fingerprint density at radius 2 is 1.73 bits per heavy atom. The predicted octanol–water partition coefficient (Wildman–Crippen LogP) is 5.62. The van der Waals surface area contributed by atoms with Crippen molar-refractivity contribution in [3.63, 3.8) is 0 Å². The third-order valence-electron chi connectivity index (χ3n) is 5.02. The van der Waals surface area contributed by atoms with E-state index in [0.29, 0.717) is 0 Å². The Kier molecular flexibility index (Phi) is 5.36. The van der Waals surface area contributed by atoms with E-state index in [0.717, 1.165) is 16.9 Å². The number of hydrogen-bond donors (Lipinski definition) is 1. The molecule has 0 radical (unpaired) electrons. The Labute approximate surface area is 137 Å². The zero-order valence-corrected chi connectivity index (χ0v) is 16.4. The van der Waals surface area contributed by atoms with E-state index < -0.39 is 14.4 Å². The molecule has 0 aliphatic heterocycles. The summed E-state index contributed by atoms with van der Waals surface area (Å²) in [6.07, 6.45) is 1.21. The Hall–Kier alpha value is -1.06. The molecular weight excluding hydrogens is 288 g/mol. The van der Waals surface area contributed by atoms with Crippen molar-refractivity contribution >= 4 is 8.32 Å². The monoisotopic (exact) mass is 320 g/mol. The van der Waals surface area contributed by atoms with Crippen molar-refractivity contribution in [3.05, 3.63) is 42.0 Å². The van der Waals surface area contributed by atoms with Crippen molar-refractivity contribution in [3.8, 4) is 5.75 Å². The largest absolute Gasteiger partial charge is 0.543 e. The van der Waals surface area contributed by atoms with E-state index >= 15 is 0 Å². The molecule has 0 fully saturated rings. The average Bonchev–Trinajstić information content (AvgIpc) is 2.39. The molecule has 2 nitrogen and oxygen atoms in total. The van der Waals surface area contributed by atoms with E-state index in [1.807, 2.05) is 39.0 Å². The lowest BCUT2D eigenvalue weighted by Gasteiger charge is -2.37. The molecule has 0 spiro atoms. The van der Waals surface area contributed by atoms with Crippen molar-refractivity contribution in [2.24, 2.45) is 5.41 Å². The van der Waals surface area contributed by atoms with E-state index in [2.05, 4.69) is 40.4 Å². The van der Waals surface area contributed by atoms with Crippen LogP contribution in [0.5, 0.6) is 5.75 Å². The third kappa shape index (κ3) is 3.82. The SMILES string of the molecule is C=CC(C)(C)[C@H](O)c1cccc(O[Si](C)(C)C(C)(C)C)c1C. The van der Waals surface area contributed by atoms with Gasteiger partial charge in [-0.1, -0.05) is 52.8 Å². The van der Waals surface area contributed by atoms with E-state index in [4.69, 9.17) is 4.43 Å². The van der Waals surface area contributed by atoms with Gasteiger partial charge in [-0.2, -0.15) is 0 Å². The van der Waals surface area contributed by atoms with Gasteiger partial charge in [-0.15, -0.1) is 6.58 Å². The number of aliphatic hydroxyl groups is 1. The van der Waals surface area contributed by atoms with Crippen LogP contribution in [0.1, 0.15) is 51.8 Å². The molecule has 0 heterocycles. The summed E-state index contributed by atoms with van der Waals surface area (Å²) in [6.45, 7) is 21.0. The van der Waals surface area contributed by atoms with Crippen LogP contribution in [0.15, 0.2) is 30.9 Å². The molecule has 1 rings (SSSR count). The van der Waals surface area contributed by atoms with Crippen LogP contribution in [0.4, 0.5) is 0 Å². The topological polar surface area (TPSA) is 29.5 Å². The fraction of sp³-hybridized carbons (Fsp3) is 0.579. The molecule has 1 aromatic carbocycles. The smallest absolute Gasteiger partial charge is 0.250 e. The van der Waals surface area contributed by atoms with Gasteiger partial charge in [0.1, 0.15) is 5.75 Å². The molecular formula is C19H32O2Si. The maximum Gasteiger partial charge on any atom is 0.250 e. The van der Waals surface area contributed by atoms with E-state index in [9.17, 15) is 5.11 Å². The third-order valence-corrected chi connectivity index (χ3v) is 9.37. The van der Waals surface area contributed by atoms with Crippen LogP contribution in [-0.4, -0.2) is 13.4 Å². The predicted molar refractivity (Wildman–Crippen MR) is 97.9 cm³/mol. The zero-order chi connectivity index (χ0) is 17.3. The minimum Gasteiger partial charge on any atom is -0.543 e. The van der Waals surface area contributed by atoms with Crippen LogP contribution in [0, 0.1) is 12.3 Å². The van der Waals surface area contributed by atoms with E-state index in [1.54, 1.807) is 6.08 Å². The van der Waals surface area contributed by atoms with Gasteiger partial charge in [0.05, 0.1) is 6.10 Å². The normalized spacial score (nSPS) is 14.6. The van der Waals surface area contributed by atoms with Crippen molar-refractivity contribution in [1.29, 1.82) is 0 Å². The molecule has 0 aliphatic carbocycles. The number of aliphatic hydroxyl groups excluding tert-OH is 1. The van der Waals surface area contributed by atoms with Crippen LogP contribution < -0.4 is 4.43 Å². The first-order valence-electron chi connectivity index (χ1n) is 7.93. The second kappa shape index (κ2) is 6.21. The summed E-state index contributed by atoms with van der Waals surface area (Å²) in [6, 6.07) is 5.95. The quantitative estimate of drug-likeness (QED) is 0.563. The summed E-state index contributed by atoms with van der Waals surface area (Å²) >= 11 is 0. The van der Waals surface area contributed by atoms with Gasteiger partial charge in [0.2, 0.25) is 8.32 Å². The first-order valence-corrected chi connectivity index (χ1v) is 10.8. The molecule has 22 heavy (non-hydrogen) atoms.